The van der Waals surface area contributed by atoms with E-state index in [4.69, 9.17) is 15.7 Å². The number of hydrogen-bond donors (Lipinski definition) is 2. The van der Waals surface area contributed by atoms with Crippen LogP contribution in [0, 0.1) is 0 Å². The van der Waals surface area contributed by atoms with Crippen molar-refractivity contribution in [2.45, 2.75) is 9.79 Å². The van der Waals surface area contributed by atoms with E-state index in [9.17, 15) is 0 Å². The Bertz CT molecular complexity index is 565. The molecule has 0 bridgehead atoms. The largest absolute Gasteiger partial charge is 0.497 e. The highest BCUT2D eigenvalue weighted by molar-refractivity contribution is 7.99. The van der Waals surface area contributed by atoms with Crippen molar-refractivity contribution in [2.75, 3.05) is 7.11 Å². The summed E-state index contributed by atoms with van der Waals surface area (Å²) in [6, 6.07) is 15.4. The average molecular weight is 274 g/mol. The van der Waals surface area contributed by atoms with Crippen molar-refractivity contribution in [1.29, 1.82) is 0 Å². The molecule has 0 unspecified atom stereocenters. The molecule has 0 spiro atoms. The van der Waals surface area contributed by atoms with E-state index in [1.165, 1.54) is 0 Å². The molecule has 0 saturated carbocycles. The van der Waals surface area contributed by atoms with Crippen LogP contribution in [0.1, 0.15) is 5.56 Å². The summed E-state index contributed by atoms with van der Waals surface area (Å²) in [4.78, 5) is 2.21. The second-order valence-electron chi connectivity index (χ2n) is 3.79. The number of oxime groups is 1. The molecular weight excluding hydrogens is 260 g/mol. The monoisotopic (exact) mass is 274 g/mol. The van der Waals surface area contributed by atoms with E-state index >= 15 is 0 Å². The summed E-state index contributed by atoms with van der Waals surface area (Å²) in [6.45, 7) is 0. The number of rotatable bonds is 4. The number of amidine groups is 1. The molecule has 0 fully saturated rings. The van der Waals surface area contributed by atoms with Gasteiger partial charge in [-0.1, -0.05) is 29.1 Å². The zero-order valence-electron chi connectivity index (χ0n) is 10.4. The Hall–Kier alpha value is -2.14. The molecule has 2 aromatic rings. The average Bonchev–Trinajstić information content (AvgIpc) is 2.48. The van der Waals surface area contributed by atoms with E-state index in [-0.39, 0.29) is 5.84 Å². The first kappa shape index (κ1) is 13.3. The smallest absolute Gasteiger partial charge is 0.170 e. The molecule has 0 heterocycles. The van der Waals surface area contributed by atoms with Crippen LogP contribution in [-0.4, -0.2) is 18.2 Å². The molecule has 98 valence electrons. The summed E-state index contributed by atoms with van der Waals surface area (Å²) in [5.74, 6) is 0.952. The topological polar surface area (TPSA) is 67.8 Å². The van der Waals surface area contributed by atoms with E-state index in [0.717, 1.165) is 15.5 Å². The summed E-state index contributed by atoms with van der Waals surface area (Å²) in [5.41, 5.74) is 6.20. The minimum Gasteiger partial charge on any atom is -0.497 e. The lowest BCUT2D eigenvalue weighted by molar-refractivity contribution is 0.318. The number of ether oxygens (including phenoxy) is 1. The molecule has 0 radical (unpaired) electrons. The highest BCUT2D eigenvalue weighted by Crippen LogP contribution is 2.29. The van der Waals surface area contributed by atoms with Crippen molar-refractivity contribution >= 4 is 17.6 Å². The zero-order chi connectivity index (χ0) is 13.7. The Balaban J connectivity index is 2.10. The summed E-state index contributed by atoms with van der Waals surface area (Å²) < 4.78 is 5.11. The molecule has 0 aliphatic rings. The third-order valence-corrected chi connectivity index (χ3v) is 3.57. The fraction of sp³-hybridized carbons (Fsp3) is 0.0714. The molecule has 0 aromatic heterocycles. The summed E-state index contributed by atoms with van der Waals surface area (Å²) in [6.07, 6.45) is 0. The maximum Gasteiger partial charge on any atom is 0.170 e. The van der Waals surface area contributed by atoms with Gasteiger partial charge < -0.3 is 15.7 Å². The second-order valence-corrected chi connectivity index (χ2v) is 4.93. The summed E-state index contributed by atoms with van der Waals surface area (Å²) in [5, 5.41) is 11.6. The van der Waals surface area contributed by atoms with Crippen molar-refractivity contribution < 1.29 is 9.94 Å². The van der Waals surface area contributed by atoms with Crippen LogP contribution in [0.25, 0.3) is 0 Å². The van der Waals surface area contributed by atoms with Crippen molar-refractivity contribution in [3.8, 4) is 5.75 Å². The molecule has 0 aliphatic heterocycles. The zero-order valence-corrected chi connectivity index (χ0v) is 11.2. The third kappa shape index (κ3) is 3.42. The van der Waals surface area contributed by atoms with E-state index in [1.807, 2.05) is 48.5 Å². The van der Waals surface area contributed by atoms with Crippen LogP contribution >= 0.6 is 11.8 Å². The van der Waals surface area contributed by atoms with Crippen molar-refractivity contribution in [3.63, 3.8) is 0 Å². The van der Waals surface area contributed by atoms with Gasteiger partial charge in [-0.15, -0.1) is 0 Å². The molecule has 19 heavy (non-hydrogen) atoms. The van der Waals surface area contributed by atoms with Gasteiger partial charge >= 0.3 is 0 Å². The quantitative estimate of drug-likeness (QED) is 0.389. The Kier molecular flexibility index (Phi) is 4.30. The summed E-state index contributed by atoms with van der Waals surface area (Å²) in [7, 11) is 1.65. The SMILES string of the molecule is COc1ccc(Sc2ccc(C(N)=NO)cc2)cc1. The standard InChI is InChI=1S/C14H14N2O2S/c1-18-11-4-8-13(9-5-11)19-12-6-2-10(3-7-12)14(15)16-17/h2-9,17H,1H3,(H2,15,16). The summed E-state index contributed by atoms with van der Waals surface area (Å²) >= 11 is 1.64. The van der Waals surface area contributed by atoms with Crippen LogP contribution in [-0.2, 0) is 0 Å². The minimum atomic E-state index is 0.112. The maximum absolute atomic E-state index is 8.59. The van der Waals surface area contributed by atoms with Crippen molar-refractivity contribution in [1.82, 2.24) is 0 Å². The predicted octanol–water partition coefficient (Wildman–Crippen LogP) is 2.94. The van der Waals surface area contributed by atoms with E-state index < -0.39 is 0 Å². The van der Waals surface area contributed by atoms with Crippen LogP contribution < -0.4 is 10.5 Å². The number of hydrogen-bond acceptors (Lipinski definition) is 4. The van der Waals surface area contributed by atoms with Gasteiger partial charge in [0.05, 0.1) is 7.11 Å². The normalized spacial score (nSPS) is 11.3. The fourth-order valence-electron chi connectivity index (χ4n) is 1.53. The Morgan fingerprint density at radius 1 is 1.05 bits per heavy atom. The Labute approximate surface area is 115 Å². The fourth-order valence-corrected chi connectivity index (χ4v) is 2.35. The Morgan fingerprint density at radius 2 is 1.58 bits per heavy atom. The molecule has 0 aliphatic carbocycles. The predicted molar refractivity (Wildman–Crippen MR) is 76.1 cm³/mol. The highest BCUT2D eigenvalue weighted by atomic mass is 32.2. The molecule has 0 amide bonds. The lowest BCUT2D eigenvalue weighted by Crippen LogP contribution is -2.12. The first-order valence-electron chi connectivity index (χ1n) is 5.63. The van der Waals surface area contributed by atoms with Gasteiger partial charge in [0.15, 0.2) is 5.84 Å². The number of nitrogens with zero attached hydrogens (tertiary/aromatic N) is 1. The molecule has 2 rings (SSSR count). The van der Waals surface area contributed by atoms with Gasteiger partial charge in [0.25, 0.3) is 0 Å². The van der Waals surface area contributed by atoms with Gasteiger partial charge in [-0.2, -0.15) is 0 Å². The van der Waals surface area contributed by atoms with Crippen LogP contribution in [0.4, 0.5) is 0 Å². The van der Waals surface area contributed by atoms with E-state index in [0.29, 0.717) is 5.56 Å². The Morgan fingerprint density at radius 3 is 2.05 bits per heavy atom. The van der Waals surface area contributed by atoms with Gasteiger partial charge in [-0.05, 0) is 36.4 Å². The van der Waals surface area contributed by atoms with Gasteiger partial charge in [0.1, 0.15) is 5.75 Å². The van der Waals surface area contributed by atoms with Crippen LogP contribution in [0.2, 0.25) is 0 Å². The van der Waals surface area contributed by atoms with Crippen LogP contribution in [0.5, 0.6) is 5.75 Å². The van der Waals surface area contributed by atoms with Gasteiger partial charge in [-0.3, -0.25) is 0 Å². The second kappa shape index (κ2) is 6.15. The minimum absolute atomic E-state index is 0.112. The van der Waals surface area contributed by atoms with E-state index in [1.54, 1.807) is 18.9 Å². The lowest BCUT2D eigenvalue weighted by Gasteiger charge is -2.04. The number of methoxy groups -OCH3 is 1. The van der Waals surface area contributed by atoms with Crippen LogP contribution in [0.15, 0.2) is 63.5 Å². The molecule has 0 saturated heterocycles. The third-order valence-electron chi connectivity index (χ3n) is 2.55. The molecule has 3 N–H and O–H groups in total. The number of benzene rings is 2. The van der Waals surface area contributed by atoms with Crippen molar-refractivity contribution in [3.05, 3.63) is 54.1 Å². The first-order chi connectivity index (χ1) is 9.22. The van der Waals surface area contributed by atoms with Gasteiger partial charge in [-0.25, -0.2) is 0 Å². The van der Waals surface area contributed by atoms with Gasteiger partial charge in [0.2, 0.25) is 0 Å². The molecule has 0 atom stereocenters. The lowest BCUT2D eigenvalue weighted by atomic mass is 10.2. The molecule has 5 heteroatoms. The van der Waals surface area contributed by atoms with E-state index in [2.05, 4.69) is 5.16 Å². The molecular formula is C14H14N2O2S. The van der Waals surface area contributed by atoms with Crippen LogP contribution in [0.3, 0.4) is 0 Å². The van der Waals surface area contributed by atoms with Gasteiger partial charge in [0, 0.05) is 15.4 Å². The first-order valence-corrected chi connectivity index (χ1v) is 6.44. The maximum atomic E-state index is 8.59. The highest BCUT2D eigenvalue weighted by Gasteiger charge is 2.01. The molecule has 4 nitrogen and oxygen atoms in total. The van der Waals surface area contributed by atoms with Crippen molar-refractivity contribution in [2.24, 2.45) is 10.9 Å². The number of nitrogens with two attached hydrogens (primary N) is 1. The molecule has 2 aromatic carbocycles.